The fourth-order valence-electron chi connectivity index (χ4n) is 2.96. The lowest BCUT2D eigenvalue weighted by molar-refractivity contribution is -0.115. The van der Waals surface area contributed by atoms with Crippen LogP contribution in [0.4, 0.5) is 5.69 Å². The van der Waals surface area contributed by atoms with Gasteiger partial charge >= 0.3 is 0 Å². The number of benzene rings is 2. The van der Waals surface area contributed by atoms with Crippen LogP contribution in [0.2, 0.25) is 0 Å². The van der Waals surface area contributed by atoms with E-state index in [1.54, 1.807) is 0 Å². The molecule has 1 unspecified atom stereocenters. The highest BCUT2D eigenvalue weighted by Gasteiger charge is 2.23. The lowest BCUT2D eigenvalue weighted by Crippen LogP contribution is -2.05. The highest BCUT2D eigenvalue weighted by Crippen LogP contribution is 2.33. The largest absolute Gasteiger partial charge is 0.384 e. The fourth-order valence-corrected chi connectivity index (χ4v) is 2.96. The molecule has 0 saturated carbocycles. The number of aliphatic hydroxyl groups is 1. The zero-order valence-corrected chi connectivity index (χ0v) is 12.3. The molecule has 2 aromatic rings. The molecule has 108 valence electrons. The molecule has 0 spiro atoms. The Kier molecular flexibility index (Phi) is 3.52. The van der Waals surface area contributed by atoms with Crippen molar-refractivity contribution in [1.82, 2.24) is 0 Å². The molecular formula is C18H19NO2. The molecule has 0 radical (unpaired) electrons. The molecule has 1 aliphatic rings. The zero-order valence-electron chi connectivity index (χ0n) is 12.3. The van der Waals surface area contributed by atoms with Crippen molar-refractivity contribution in [3.63, 3.8) is 0 Å². The summed E-state index contributed by atoms with van der Waals surface area (Å²) in [6, 6.07) is 11.8. The molecular weight excluding hydrogens is 262 g/mol. The minimum absolute atomic E-state index is 0.0298. The molecule has 1 aliphatic heterocycles. The van der Waals surface area contributed by atoms with Crippen molar-refractivity contribution in [2.45, 2.75) is 32.8 Å². The number of rotatable bonds is 3. The standard InChI is InChI=1S/C18H19NO2/c1-3-12-8-14(9-13-10-16(20)19-17(12)13)18(21)15-7-5-4-6-11(15)2/h4-9,18,21H,3,10H2,1-2H3,(H,19,20). The van der Waals surface area contributed by atoms with Gasteiger partial charge in [0.25, 0.3) is 0 Å². The van der Waals surface area contributed by atoms with E-state index in [0.29, 0.717) is 6.42 Å². The van der Waals surface area contributed by atoms with Gasteiger partial charge in [-0.1, -0.05) is 43.3 Å². The maximum absolute atomic E-state index is 11.6. The van der Waals surface area contributed by atoms with Crippen LogP contribution < -0.4 is 5.32 Å². The van der Waals surface area contributed by atoms with Crippen molar-refractivity contribution in [1.29, 1.82) is 0 Å². The predicted octanol–water partition coefficient (Wildman–Crippen LogP) is 3.13. The first-order valence-corrected chi connectivity index (χ1v) is 7.29. The fraction of sp³-hybridized carbons (Fsp3) is 0.278. The van der Waals surface area contributed by atoms with E-state index in [1.807, 2.05) is 43.3 Å². The van der Waals surface area contributed by atoms with E-state index in [0.717, 1.165) is 39.9 Å². The number of fused-ring (bicyclic) bond motifs is 1. The van der Waals surface area contributed by atoms with Crippen LogP contribution in [-0.2, 0) is 17.6 Å². The third kappa shape index (κ3) is 2.45. The van der Waals surface area contributed by atoms with E-state index in [-0.39, 0.29) is 5.91 Å². The Hall–Kier alpha value is -2.13. The third-order valence-electron chi connectivity index (χ3n) is 4.12. The van der Waals surface area contributed by atoms with Gasteiger partial charge in [0.05, 0.1) is 6.42 Å². The molecule has 3 rings (SSSR count). The Morgan fingerprint density at radius 1 is 1.29 bits per heavy atom. The van der Waals surface area contributed by atoms with Gasteiger partial charge in [-0.05, 0) is 41.2 Å². The van der Waals surface area contributed by atoms with Crippen molar-refractivity contribution in [3.8, 4) is 0 Å². The number of nitrogens with one attached hydrogen (secondary N) is 1. The van der Waals surface area contributed by atoms with Crippen LogP contribution in [0.15, 0.2) is 36.4 Å². The van der Waals surface area contributed by atoms with Crippen molar-refractivity contribution >= 4 is 11.6 Å². The highest BCUT2D eigenvalue weighted by atomic mass is 16.3. The van der Waals surface area contributed by atoms with Gasteiger partial charge in [-0.25, -0.2) is 0 Å². The van der Waals surface area contributed by atoms with Crippen molar-refractivity contribution < 1.29 is 9.90 Å². The maximum Gasteiger partial charge on any atom is 0.228 e. The van der Waals surface area contributed by atoms with Crippen LogP contribution >= 0.6 is 0 Å². The van der Waals surface area contributed by atoms with Crippen molar-refractivity contribution in [2.75, 3.05) is 5.32 Å². The quantitative estimate of drug-likeness (QED) is 0.908. The van der Waals surface area contributed by atoms with Crippen LogP contribution in [0.1, 0.15) is 40.8 Å². The number of carbonyl (C=O) groups excluding carboxylic acids is 1. The molecule has 0 bridgehead atoms. The smallest absolute Gasteiger partial charge is 0.228 e. The molecule has 2 N–H and O–H groups in total. The van der Waals surface area contributed by atoms with Gasteiger partial charge in [-0.15, -0.1) is 0 Å². The van der Waals surface area contributed by atoms with Crippen LogP contribution in [0, 0.1) is 6.92 Å². The van der Waals surface area contributed by atoms with Crippen molar-refractivity contribution in [3.05, 3.63) is 64.2 Å². The summed E-state index contributed by atoms with van der Waals surface area (Å²) in [5.74, 6) is 0.0298. The third-order valence-corrected chi connectivity index (χ3v) is 4.12. The Labute approximate surface area is 124 Å². The summed E-state index contributed by atoms with van der Waals surface area (Å²) >= 11 is 0. The lowest BCUT2D eigenvalue weighted by atomic mass is 9.93. The van der Waals surface area contributed by atoms with Gasteiger partial charge < -0.3 is 10.4 Å². The first-order valence-electron chi connectivity index (χ1n) is 7.29. The van der Waals surface area contributed by atoms with Gasteiger partial charge in [0.2, 0.25) is 5.91 Å². The molecule has 3 heteroatoms. The molecule has 21 heavy (non-hydrogen) atoms. The number of hydrogen-bond donors (Lipinski definition) is 2. The Morgan fingerprint density at radius 2 is 2.05 bits per heavy atom. The summed E-state index contributed by atoms with van der Waals surface area (Å²) in [5.41, 5.74) is 5.84. The molecule has 0 saturated heterocycles. The second kappa shape index (κ2) is 5.34. The Balaban J connectivity index is 2.06. The Morgan fingerprint density at radius 3 is 2.76 bits per heavy atom. The van der Waals surface area contributed by atoms with Gasteiger partial charge in [-0.2, -0.15) is 0 Å². The maximum atomic E-state index is 11.6. The van der Waals surface area contributed by atoms with Crippen molar-refractivity contribution in [2.24, 2.45) is 0 Å². The summed E-state index contributed by atoms with van der Waals surface area (Å²) in [6.45, 7) is 4.06. The number of carbonyl (C=O) groups is 1. The summed E-state index contributed by atoms with van der Waals surface area (Å²) in [4.78, 5) is 11.6. The first-order chi connectivity index (χ1) is 10.1. The van der Waals surface area contributed by atoms with Gasteiger partial charge in [0, 0.05) is 5.69 Å². The summed E-state index contributed by atoms with van der Waals surface area (Å²) < 4.78 is 0. The molecule has 0 fully saturated rings. The summed E-state index contributed by atoms with van der Waals surface area (Å²) in [5, 5.41) is 13.6. The van der Waals surface area contributed by atoms with E-state index in [9.17, 15) is 9.90 Å². The van der Waals surface area contributed by atoms with Gasteiger partial charge in [-0.3, -0.25) is 4.79 Å². The SMILES string of the molecule is CCc1cc(C(O)c2ccccc2C)cc2c1NC(=O)C2. The van der Waals surface area contributed by atoms with E-state index in [1.165, 1.54) is 0 Å². The summed E-state index contributed by atoms with van der Waals surface area (Å²) in [7, 11) is 0. The molecule has 1 heterocycles. The van der Waals surface area contributed by atoms with Crippen LogP contribution in [-0.4, -0.2) is 11.0 Å². The number of anilines is 1. The van der Waals surface area contributed by atoms with Crippen LogP contribution in [0.25, 0.3) is 0 Å². The average molecular weight is 281 g/mol. The van der Waals surface area contributed by atoms with Crippen LogP contribution in [0.5, 0.6) is 0 Å². The molecule has 1 atom stereocenters. The second-order valence-corrected chi connectivity index (χ2v) is 5.55. The Bertz CT molecular complexity index is 706. The van der Waals surface area contributed by atoms with E-state index < -0.39 is 6.10 Å². The van der Waals surface area contributed by atoms with E-state index in [2.05, 4.69) is 12.2 Å². The summed E-state index contributed by atoms with van der Waals surface area (Å²) in [6.07, 6.45) is 0.575. The van der Waals surface area contributed by atoms with Crippen LogP contribution in [0.3, 0.4) is 0 Å². The normalized spacial score (nSPS) is 14.7. The minimum Gasteiger partial charge on any atom is -0.384 e. The number of aliphatic hydroxyl groups excluding tert-OH is 1. The molecule has 2 aromatic carbocycles. The second-order valence-electron chi connectivity index (χ2n) is 5.55. The van der Waals surface area contributed by atoms with Gasteiger partial charge in [0.1, 0.15) is 6.10 Å². The molecule has 3 nitrogen and oxygen atoms in total. The molecule has 1 amide bonds. The highest BCUT2D eigenvalue weighted by molar-refractivity contribution is 6.00. The first kappa shape index (κ1) is 13.8. The topological polar surface area (TPSA) is 49.3 Å². The zero-order chi connectivity index (χ0) is 15.0. The number of amides is 1. The molecule has 0 aromatic heterocycles. The minimum atomic E-state index is -0.655. The van der Waals surface area contributed by atoms with E-state index in [4.69, 9.17) is 0 Å². The average Bonchev–Trinajstić information content (AvgIpc) is 2.86. The van der Waals surface area contributed by atoms with E-state index >= 15 is 0 Å². The monoisotopic (exact) mass is 281 g/mol. The lowest BCUT2D eigenvalue weighted by Gasteiger charge is -2.17. The number of hydrogen-bond acceptors (Lipinski definition) is 2. The number of aryl methyl sites for hydroxylation is 2. The van der Waals surface area contributed by atoms with Gasteiger partial charge in [0.15, 0.2) is 0 Å². The predicted molar refractivity (Wildman–Crippen MR) is 83.4 cm³/mol. The molecule has 0 aliphatic carbocycles.